The van der Waals surface area contributed by atoms with Gasteiger partial charge in [-0.2, -0.15) is 4.98 Å². The van der Waals surface area contributed by atoms with E-state index in [2.05, 4.69) is 25.8 Å². The number of carbonyl (C=O) groups is 1. The van der Waals surface area contributed by atoms with Crippen LogP contribution in [0.4, 0.5) is 17.5 Å². The molecule has 0 atom stereocenters. The van der Waals surface area contributed by atoms with E-state index in [-0.39, 0.29) is 29.9 Å². The van der Waals surface area contributed by atoms with Crippen LogP contribution < -0.4 is 31.1 Å². The number of piperidine rings is 1. The predicted molar refractivity (Wildman–Crippen MR) is 145 cm³/mol. The van der Waals surface area contributed by atoms with Crippen LogP contribution in [0, 0.1) is 5.41 Å². The van der Waals surface area contributed by atoms with E-state index >= 15 is 0 Å². The van der Waals surface area contributed by atoms with Crippen molar-refractivity contribution in [3.05, 3.63) is 45.8 Å². The largest absolute Gasteiger partial charge is 0.478 e. The summed E-state index contributed by atoms with van der Waals surface area (Å²) >= 11 is 6.46. The minimum atomic E-state index is -0.312. The zero-order chi connectivity index (χ0) is 26.2. The van der Waals surface area contributed by atoms with Gasteiger partial charge in [-0.1, -0.05) is 11.6 Å². The number of benzene rings is 1. The van der Waals surface area contributed by atoms with E-state index in [1.807, 2.05) is 32.0 Å². The molecule has 3 N–H and O–H groups in total. The zero-order valence-corrected chi connectivity index (χ0v) is 22.1. The summed E-state index contributed by atoms with van der Waals surface area (Å²) in [5, 5.41) is 10.4. The highest BCUT2D eigenvalue weighted by Gasteiger charge is 2.40. The Bertz CT molecular complexity index is 1380. The number of ether oxygens (including phenoxy) is 1. The lowest BCUT2D eigenvalue weighted by Crippen LogP contribution is -2.58. The fraction of sp³-hybridized carbons (Fsp3) is 0.462. The second kappa shape index (κ2) is 10.2. The van der Waals surface area contributed by atoms with E-state index in [1.165, 1.54) is 7.05 Å². The first kappa shape index (κ1) is 25.3. The molecule has 10 nitrogen and oxygen atoms in total. The minimum Gasteiger partial charge on any atom is -0.478 e. The van der Waals surface area contributed by atoms with Crippen molar-refractivity contribution in [3.8, 4) is 5.75 Å². The quantitative estimate of drug-likeness (QED) is 0.431. The third-order valence-electron chi connectivity index (χ3n) is 7.26. The summed E-state index contributed by atoms with van der Waals surface area (Å²) in [4.78, 5) is 36.1. The van der Waals surface area contributed by atoms with E-state index in [0.717, 1.165) is 55.6 Å². The number of rotatable bonds is 7. The van der Waals surface area contributed by atoms with E-state index in [0.29, 0.717) is 22.2 Å². The normalized spacial score (nSPS) is 16.6. The van der Waals surface area contributed by atoms with E-state index in [9.17, 15) is 9.59 Å². The average Bonchev–Trinajstić information content (AvgIpc) is 2.87. The van der Waals surface area contributed by atoms with Gasteiger partial charge in [0, 0.05) is 50.3 Å². The lowest BCUT2D eigenvalue weighted by molar-refractivity contribution is -0.122. The lowest BCUT2D eigenvalue weighted by Gasteiger charge is -2.48. The van der Waals surface area contributed by atoms with E-state index < -0.39 is 0 Å². The number of anilines is 3. The smallest absolute Gasteiger partial charge is 0.293 e. The van der Waals surface area contributed by atoms with Gasteiger partial charge in [0.05, 0.1) is 11.7 Å². The van der Waals surface area contributed by atoms with Gasteiger partial charge in [0.25, 0.3) is 11.5 Å². The second-order valence-corrected chi connectivity index (χ2v) is 10.5. The summed E-state index contributed by atoms with van der Waals surface area (Å²) in [5.74, 6) is 0.987. The Morgan fingerprint density at radius 1 is 1.24 bits per heavy atom. The molecule has 0 bridgehead atoms. The summed E-state index contributed by atoms with van der Waals surface area (Å²) in [5.41, 5.74) is 1.68. The van der Waals surface area contributed by atoms with Gasteiger partial charge in [-0.05, 0) is 56.4 Å². The Kier molecular flexibility index (Phi) is 6.96. The maximum absolute atomic E-state index is 13.0. The molecule has 3 aromatic rings. The fourth-order valence-corrected chi connectivity index (χ4v) is 5.12. The number of amides is 1. The van der Waals surface area contributed by atoms with Crippen LogP contribution in [-0.2, 0) is 4.79 Å². The van der Waals surface area contributed by atoms with Crippen molar-refractivity contribution < 1.29 is 9.53 Å². The van der Waals surface area contributed by atoms with Crippen molar-refractivity contribution in [1.82, 2.24) is 25.2 Å². The van der Waals surface area contributed by atoms with Crippen LogP contribution in [0.5, 0.6) is 5.75 Å². The van der Waals surface area contributed by atoms with Gasteiger partial charge >= 0.3 is 0 Å². The maximum Gasteiger partial charge on any atom is 0.293 e. The molecule has 2 aliphatic rings. The third kappa shape index (κ3) is 5.08. The van der Waals surface area contributed by atoms with Gasteiger partial charge in [0.2, 0.25) is 5.95 Å². The molecule has 0 radical (unpaired) electrons. The molecule has 5 rings (SSSR count). The Labute approximate surface area is 220 Å². The molecular formula is C26H32ClN7O3. The molecule has 0 aliphatic carbocycles. The predicted octanol–water partition coefficient (Wildman–Crippen LogP) is 3.08. The Hall–Kier alpha value is -3.37. The van der Waals surface area contributed by atoms with E-state index in [4.69, 9.17) is 21.3 Å². The Balaban J connectivity index is 1.42. The number of hydrogen-bond acceptors (Lipinski definition) is 8. The number of nitrogens with one attached hydrogen (secondary N) is 3. The monoisotopic (exact) mass is 525 g/mol. The SMILES string of the molecule is CNC(=O)COc1cc2cc(Nc3nc(N4CCC5(CC4)CNC5)ncc3Cl)ccc2n(C(C)C)c1=O. The third-order valence-corrected chi connectivity index (χ3v) is 7.53. The van der Waals surface area contributed by atoms with Crippen LogP contribution in [0.3, 0.4) is 0 Å². The van der Waals surface area contributed by atoms with Crippen LogP contribution in [-0.4, -0.2) is 60.3 Å². The van der Waals surface area contributed by atoms with Crippen LogP contribution in [0.2, 0.25) is 5.02 Å². The second-order valence-electron chi connectivity index (χ2n) is 10.1. The summed E-state index contributed by atoms with van der Waals surface area (Å²) in [6, 6.07) is 7.24. The number of pyridine rings is 1. The van der Waals surface area contributed by atoms with Crippen molar-refractivity contribution in [2.45, 2.75) is 32.7 Å². The summed E-state index contributed by atoms with van der Waals surface area (Å²) in [6.45, 7) is 7.67. The van der Waals surface area contributed by atoms with Gasteiger partial charge < -0.3 is 30.2 Å². The molecule has 2 fully saturated rings. The average molecular weight is 526 g/mol. The number of hydrogen-bond donors (Lipinski definition) is 3. The molecular weight excluding hydrogens is 494 g/mol. The molecule has 4 heterocycles. The summed E-state index contributed by atoms with van der Waals surface area (Å²) in [7, 11) is 1.52. The first-order valence-corrected chi connectivity index (χ1v) is 12.9. The minimum absolute atomic E-state index is 0.101. The standard InChI is InChI=1S/C26H32ClN7O3/c1-16(2)34-20-5-4-18(10-17(20)11-21(24(34)36)37-13-22(35)28-3)31-23-19(27)12-30-25(32-23)33-8-6-26(7-9-33)14-29-15-26/h4-5,10-12,16,29H,6-9,13-15H2,1-3H3,(H,28,35)(H,30,31,32). The first-order chi connectivity index (χ1) is 17.8. The molecule has 2 saturated heterocycles. The van der Waals surface area contributed by atoms with E-state index in [1.54, 1.807) is 16.8 Å². The molecule has 196 valence electrons. The molecule has 2 aliphatic heterocycles. The molecule has 1 aromatic carbocycles. The molecule has 2 aromatic heterocycles. The van der Waals surface area contributed by atoms with Crippen molar-refractivity contribution in [2.75, 3.05) is 50.1 Å². The van der Waals surface area contributed by atoms with Crippen molar-refractivity contribution in [2.24, 2.45) is 5.41 Å². The molecule has 0 saturated carbocycles. The van der Waals surface area contributed by atoms with Gasteiger partial charge in [0.15, 0.2) is 18.2 Å². The molecule has 37 heavy (non-hydrogen) atoms. The Morgan fingerprint density at radius 3 is 2.65 bits per heavy atom. The number of fused-ring (bicyclic) bond motifs is 1. The summed E-state index contributed by atoms with van der Waals surface area (Å²) in [6.07, 6.45) is 3.88. The molecule has 11 heteroatoms. The lowest BCUT2D eigenvalue weighted by atomic mass is 9.73. The fourth-order valence-electron chi connectivity index (χ4n) is 4.98. The molecule has 1 amide bonds. The molecule has 1 spiro atoms. The van der Waals surface area contributed by atoms with Crippen LogP contribution in [0.25, 0.3) is 10.9 Å². The number of nitrogens with zero attached hydrogens (tertiary/aromatic N) is 4. The number of aromatic nitrogens is 3. The van der Waals surface area contributed by atoms with Crippen LogP contribution >= 0.6 is 11.6 Å². The molecule has 0 unspecified atom stereocenters. The van der Waals surface area contributed by atoms with Crippen LogP contribution in [0.15, 0.2) is 35.3 Å². The highest BCUT2D eigenvalue weighted by Crippen LogP contribution is 2.36. The summed E-state index contributed by atoms with van der Waals surface area (Å²) < 4.78 is 7.22. The first-order valence-electron chi connectivity index (χ1n) is 12.6. The van der Waals surface area contributed by atoms with Gasteiger partial charge in [-0.15, -0.1) is 0 Å². The van der Waals surface area contributed by atoms with Crippen molar-refractivity contribution in [3.63, 3.8) is 0 Å². The highest BCUT2D eigenvalue weighted by molar-refractivity contribution is 6.32. The topological polar surface area (TPSA) is 113 Å². The number of likely N-dealkylation sites (N-methyl/N-ethyl adjacent to an activating group) is 1. The van der Waals surface area contributed by atoms with Gasteiger partial charge in [-0.3, -0.25) is 9.59 Å². The van der Waals surface area contributed by atoms with Gasteiger partial charge in [-0.25, -0.2) is 4.98 Å². The van der Waals surface area contributed by atoms with Crippen molar-refractivity contribution in [1.29, 1.82) is 0 Å². The number of halogens is 1. The zero-order valence-electron chi connectivity index (χ0n) is 21.3. The van der Waals surface area contributed by atoms with Gasteiger partial charge in [0.1, 0.15) is 5.02 Å². The number of carbonyl (C=O) groups excluding carboxylic acids is 1. The highest BCUT2D eigenvalue weighted by atomic mass is 35.5. The van der Waals surface area contributed by atoms with Crippen LogP contribution in [0.1, 0.15) is 32.7 Å². The van der Waals surface area contributed by atoms with Crippen molar-refractivity contribution >= 4 is 45.9 Å². The Morgan fingerprint density at radius 2 is 2.00 bits per heavy atom. The maximum atomic E-state index is 13.0.